The molecule has 34 heavy (non-hydrogen) atoms. The number of amides is 2. The molecule has 178 valence electrons. The highest BCUT2D eigenvalue weighted by atomic mass is 19.4. The van der Waals surface area contributed by atoms with Gasteiger partial charge in [0.1, 0.15) is 17.1 Å². The third-order valence-corrected chi connectivity index (χ3v) is 5.31. The number of ether oxygens (including phenoxy) is 2. The van der Waals surface area contributed by atoms with Gasteiger partial charge in [-0.25, -0.2) is 0 Å². The van der Waals surface area contributed by atoms with E-state index in [1.54, 1.807) is 31.2 Å². The summed E-state index contributed by atoms with van der Waals surface area (Å²) in [4.78, 5) is 31.2. The van der Waals surface area contributed by atoms with E-state index in [1.807, 2.05) is 0 Å². The van der Waals surface area contributed by atoms with Gasteiger partial charge in [0.15, 0.2) is 5.69 Å². The molecule has 1 unspecified atom stereocenters. The van der Waals surface area contributed by atoms with Crippen molar-refractivity contribution in [2.24, 2.45) is 0 Å². The Morgan fingerprint density at radius 3 is 2.62 bits per heavy atom. The maximum absolute atomic E-state index is 13.3. The maximum Gasteiger partial charge on any atom is 0.421 e. The molecular weight excluding hydrogens is 455 g/mol. The summed E-state index contributed by atoms with van der Waals surface area (Å²) in [5.41, 5.74) is -0.502. The van der Waals surface area contributed by atoms with Gasteiger partial charge in [-0.15, -0.1) is 0 Å². The number of aromatic nitrogens is 3. The molecule has 3 heterocycles. The second-order valence-corrected chi connectivity index (χ2v) is 7.53. The van der Waals surface area contributed by atoms with Gasteiger partial charge in [0.2, 0.25) is 5.88 Å². The van der Waals surface area contributed by atoms with E-state index in [0.29, 0.717) is 11.3 Å². The molecular formula is C22H20F3N5O4. The van der Waals surface area contributed by atoms with Gasteiger partial charge in [-0.05, 0) is 37.3 Å². The Balaban J connectivity index is 1.66. The zero-order valence-electron chi connectivity index (χ0n) is 18.4. The van der Waals surface area contributed by atoms with E-state index < -0.39 is 29.4 Å². The van der Waals surface area contributed by atoms with Gasteiger partial charge >= 0.3 is 6.18 Å². The number of carbonyl (C=O) groups is 2. The average molecular weight is 475 g/mol. The van der Waals surface area contributed by atoms with Crippen LogP contribution in [0.3, 0.4) is 0 Å². The van der Waals surface area contributed by atoms with Gasteiger partial charge < -0.3 is 14.8 Å². The normalized spacial score (nSPS) is 15.6. The van der Waals surface area contributed by atoms with Crippen molar-refractivity contribution < 1.29 is 32.2 Å². The number of halogens is 3. The molecule has 0 saturated heterocycles. The summed E-state index contributed by atoms with van der Waals surface area (Å²) in [5.74, 6) is -1.23. The van der Waals surface area contributed by atoms with Crippen LogP contribution in [0.1, 0.15) is 39.4 Å². The lowest BCUT2D eigenvalue weighted by molar-refractivity contribution is -0.139. The summed E-state index contributed by atoms with van der Waals surface area (Å²) in [5, 5.41) is 6.89. The van der Waals surface area contributed by atoms with Crippen LogP contribution in [0, 0.1) is 0 Å². The molecule has 2 aromatic heterocycles. The van der Waals surface area contributed by atoms with Gasteiger partial charge in [0, 0.05) is 12.1 Å². The van der Waals surface area contributed by atoms with E-state index in [-0.39, 0.29) is 29.8 Å². The van der Waals surface area contributed by atoms with Crippen LogP contribution in [-0.4, -0.2) is 47.3 Å². The molecule has 0 radical (unpaired) electrons. The zero-order chi connectivity index (χ0) is 24.6. The van der Waals surface area contributed by atoms with Crippen molar-refractivity contribution in [3.05, 3.63) is 59.4 Å². The predicted octanol–water partition coefficient (Wildman–Crippen LogP) is 3.79. The fourth-order valence-corrected chi connectivity index (χ4v) is 3.66. The minimum Gasteiger partial charge on any atom is -0.497 e. The largest absolute Gasteiger partial charge is 0.497 e. The first-order valence-corrected chi connectivity index (χ1v) is 10.1. The molecule has 0 bridgehead atoms. The number of nitrogens with one attached hydrogen (secondary N) is 1. The van der Waals surface area contributed by atoms with E-state index >= 15 is 0 Å². The van der Waals surface area contributed by atoms with Crippen LogP contribution in [0.4, 0.5) is 24.7 Å². The molecule has 1 atom stereocenters. The SMILES string of the molecule is COc1cccc(C(=O)Nc2cnn3c2C(=O)N(c2ccc(C(F)(F)F)c(OC)n2)CC3C)c1. The van der Waals surface area contributed by atoms with Crippen LogP contribution in [0.25, 0.3) is 0 Å². The van der Waals surface area contributed by atoms with Crippen LogP contribution in [-0.2, 0) is 6.18 Å². The third kappa shape index (κ3) is 4.14. The van der Waals surface area contributed by atoms with Gasteiger partial charge in [0.25, 0.3) is 11.8 Å². The summed E-state index contributed by atoms with van der Waals surface area (Å²) in [6.45, 7) is 1.89. The lowest BCUT2D eigenvalue weighted by Gasteiger charge is -2.31. The number of hydrogen-bond donors (Lipinski definition) is 1. The van der Waals surface area contributed by atoms with E-state index in [4.69, 9.17) is 9.47 Å². The summed E-state index contributed by atoms with van der Waals surface area (Å²) >= 11 is 0. The van der Waals surface area contributed by atoms with Crippen molar-refractivity contribution in [3.63, 3.8) is 0 Å². The number of nitrogens with zero attached hydrogens (tertiary/aromatic N) is 4. The number of rotatable bonds is 5. The molecule has 1 aliphatic heterocycles. The second kappa shape index (κ2) is 8.69. The van der Waals surface area contributed by atoms with Crippen molar-refractivity contribution >= 4 is 23.3 Å². The summed E-state index contributed by atoms with van der Waals surface area (Å²) in [6.07, 6.45) is -3.31. The molecule has 0 spiro atoms. The standard InChI is InChI=1S/C22H20F3N5O4/c1-12-11-29(17-8-7-15(22(23,24)25)20(28-17)34-3)21(32)18-16(10-26-30(12)18)27-19(31)13-5-4-6-14(9-13)33-2/h4-10,12H,11H2,1-3H3,(H,27,31). The number of fused-ring (bicyclic) bond motifs is 1. The Morgan fingerprint density at radius 2 is 1.94 bits per heavy atom. The van der Waals surface area contributed by atoms with E-state index in [2.05, 4.69) is 15.4 Å². The number of methoxy groups -OCH3 is 2. The first-order valence-electron chi connectivity index (χ1n) is 10.1. The Morgan fingerprint density at radius 1 is 1.18 bits per heavy atom. The number of carbonyl (C=O) groups excluding carboxylic acids is 2. The van der Waals surface area contributed by atoms with Crippen molar-refractivity contribution in [2.45, 2.75) is 19.1 Å². The lowest BCUT2D eigenvalue weighted by Crippen LogP contribution is -2.43. The number of hydrogen-bond acceptors (Lipinski definition) is 6. The quantitative estimate of drug-likeness (QED) is 0.603. The molecule has 3 aromatic rings. The van der Waals surface area contributed by atoms with Crippen LogP contribution in [0.5, 0.6) is 11.6 Å². The molecule has 0 saturated carbocycles. The summed E-state index contributed by atoms with van der Waals surface area (Å²) in [7, 11) is 2.55. The van der Waals surface area contributed by atoms with Gasteiger partial charge in [-0.3, -0.25) is 19.2 Å². The average Bonchev–Trinajstić information content (AvgIpc) is 3.24. The molecule has 12 heteroatoms. The van der Waals surface area contributed by atoms with Crippen LogP contribution in [0.15, 0.2) is 42.6 Å². The van der Waals surface area contributed by atoms with Gasteiger partial charge in [-0.1, -0.05) is 6.07 Å². The van der Waals surface area contributed by atoms with E-state index in [9.17, 15) is 22.8 Å². The molecule has 4 rings (SSSR count). The van der Waals surface area contributed by atoms with Gasteiger partial charge in [-0.2, -0.15) is 23.3 Å². The smallest absolute Gasteiger partial charge is 0.421 e. The molecule has 0 fully saturated rings. The Kier molecular flexibility index (Phi) is 5.90. The molecule has 0 aliphatic carbocycles. The van der Waals surface area contributed by atoms with E-state index in [0.717, 1.165) is 19.2 Å². The lowest BCUT2D eigenvalue weighted by atomic mass is 10.1. The van der Waals surface area contributed by atoms with Crippen LogP contribution >= 0.6 is 0 Å². The molecule has 1 aliphatic rings. The maximum atomic E-state index is 13.3. The highest BCUT2D eigenvalue weighted by molar-refractivity contribution is 6.12. The highest BCUT2D eigenvalue weighted by Gasteiger charge is 2.38. The number of pyridine rings is 1. The minimum atomic E-state index is -4.66. The fourth-order valence-electron chi connectivity index (χ4n) is 3.66. The Hall–Kier alpha value is -4.09. The van der Waals surface area contributed by atoms with Crippen molar-refractivity contribution in [2.75, 3.05) is 31.0 Å². The Labute approximate surface area is 192 Å². The van der Waals surface area contributed by atoms with Crippen LogP contribution < -0.4 is 19.7 Å². The second-order valence-electron chi connectivity index (χ2n) is 7.53. The number of alkyl halides is 3. The number of anilines is 2. The predicted molar refractivity (Wildman–Crippen MR) is 115 cm³/mol. The monoisotopic (exact) mass is 475 g/mol. The molecule has 1 aromatic carbocycles. The van der Waals surface area contributed by atoms with Crippen LogP contribution in [0.2, 0.25) is 0 Å². The highest BCUT2D eigenvalue weighted by Crippen LogP contribution is 2.37. The number of benzene rings is 1. The van der Waals surface area contributed by atoms with Crippen molar-refractivity contribution in [3.8, 4) is 11.6 Å². The van der Waals surface area contributed by atoms with Gasteiger partial charge in [0.05, 0.1) is 32.1 Å². The van der Waals surface area contributed by atoms with E-state index in [1.165, 1.54) is 22.9 Å². The van der Waals surface area contributed by atoms with Crippen molar-refractivity contribution in [1.82, 2.24) is 14.8 Å². The van der Waals surface area contributed by atoms with Crippen molar-refractivity contribution in [1.29, 1.82) is 0 Å². The first-order chi connectivity index (χ1) is 16.1. The first kappa shape index (κ1) is 23.1. The molecule has 2 amide bonds. The minimum absolute atomic E-state index is 0.0146. The zero-order valence-corrected chi connectivity index (χ0v) is 18.4. The fraction of sp³-hybridized carbons (Fsp3) is 0.273. The summed E-state index contributed by atoms with van der Waals surface area (Å²) in [6, 6.07) is 8.05. The summed E-state index contributed by atoms with van der Waals surface area (Å²) < 4.78 is 51.0. The molecule has 1 N–H and O–H groups in total. The third-order valence-electron chi connectivity index (χ3n) is 5.31. The topological polar surface area (TPSA) is 98.6 Å². The molecule has 9 nitrogen and oxygen atoms in total. The Bertz CT molecular complexity index is 1260.